The van der Waals surface area contributed by atoms with E-state index in [9.17, 15) is 4.79 Å². The molecule has 0 bridgehead atoms. The summed E-state index contributed by atoms with van der Waals surface area (Å²) in [5.74, 6) is 1.77. The van der Waals surface area contributed by atoms with Crippen molar-refractivity contribution in [2.24, 2.45) is 11.8 Å². The number of likely N-dealkylation sites (tertiary alicyclic amines) is 1. The molecule has 0 N–H and O–H groups in total. The second kappa shape index (κ2) is 5.75. The number of carbonyl (C=O) groups is 1. The van der Waals surface area contributed by atoms with Crippen LogP contribution >= 0.6 is 0 Å². The summed E-state index contributed by atoms with van der Waals surface area (Å²) in [6.07, 6.45) is 6.89. The number of fused-ring (bicyclic) bond motifs is 2. The zero-order valence-corrected chi connectivity index (χ0v) is 12.8. The molecular formula is C18H22N2O2. The fourth-order valence-corrected chi connectivity index (χ4v) is 4.15. The molecule has 2 aromatic rings. The smallest absolute Gasteiger partial charge is 0.228 e. The van der Waals surface area contributed by atoms with Crippen molar-refractivity contribution in [1.82, 2.24) is 10.1 Å². The summed E-state index contributed by atoms with van der Waals surface area (Å²) >= 11 is 0. The van der Waals surface area contributed by atoms with Gasteiger partial charge in [-0.3, -0.25) is 4.79 Å². The van der Waals surface area contributed by atoms with Crippen LogP contribution in [0.4, 0.5) is 0 Å². The Kier molecular flexibility index (Phi) is 3.60. The summed E-state index contributed by atoms with van der Waals surface area (Å²) in [4.78, 5) is 14.7. The normalized spacial score (nSPS) is 25.2. The van der Waals surface area contributed by atoms with Crippen LogP contribution < -0.4 is 0 Å². The Morgan fingerprint density at radius 2 is 2.00 bits per heavy atom. The van der Waals surface area contributed by atoms with Crippen LogP contribution in [0, 0.1) is 11.8 Å². The molecule has 1 aromatic carbocycles. The monoisotopic (exact) mass is 298 g/mol. The SMILES string of the molecule is O=C(Cc1noc2ccccc12)N1CC[C@@H]2CCCC[C@@H]2C1. The van der Waals surface area contributed by atoms with Crippen LogP contribution in [0.1, 0.15) is 37.8 Å². The van der Waals surface area contributed by atoms with E-state index in [0.29, 0.717) is 6.42 Å². The van der Waals surface area contributed by atoms with Crippen molar-refractivity contribution in [3.05, 3.63) is 30.0 Å². The molecule has 22 heavy (non-hydrogen) atoms. The highest BCUT2D eigenvalue weighted by atomic mass is 16.5. The molecule has 1 aliphatic heterocycles. The number of hydrogen-bond donors (Lipinski definition) is 0. The van der Waals surface area contributed by atoms with Gasteiger partial charge in [-0.1, -0.05) is 36.6 Å². The van der Waals surface area contributed by atoms with Crippen LogP contribution in [0.2, 0.25) is 0 Å². The summed E-state index contributed by atoms with van der Waals surface area (Å²) in [6.45, 7) is 1.86. The topological polar surface area (TPSA) is 46.3 Å². The van der Waals surface area contributed by atoms with E-state index in [1.54, 1.807) is 0 Å². The van der Waals surface area contributed by atoms with Crippen molar-refractivity contribution < 1.29 is 9.32 Å². The zero-order chi connectivity index (χ0) is 14.9. The molecule has 4 rings (SSSR count). The van der Waals surface area contributed by atoms with Gasteiger partial charge in [-0.25, -0.2) is 0 Å². The first-order chi connectivity index (χ1) is 10.8. The fourth-order valence-electron chi connectivity index (χ4n) is 4.15. The van der Waals surface area contributed by atoms with E-state index in [4.69, 9.17) is 4.52 Å². The molecule has 4 heteroatoms. The molecule has 0 spiro atoms. The molecule has 4 nitrogen and oxygen atoms in total. The number of carbonyl (C=O) groups excluding carboxylic acids is 1. The molecule has 1 aromatic heterocycles. The Morgan fingerprint density at radius 3 is 2.91 bits per heavy atom. The molecule has 2 atom stereocenters. The molecule has 0 radical (unpaired) electrons. The Balaban J connectivity index is 1.46. The number of aromatic nitrogens is 1. The first-order valence-electron chi connectivity index (χ1n) is 8.42. The van der Waals surface area contributed by atoms with E-state index >= 15 is 0 Å². The average Bonchev–Trinajstić information content (AvgIpc) is 2.97. The Morgan fingerprint density at radius 1 is 1.18 bits per heavy atom. The van der Waals surface area contributed by atoms with Crippen molar-refractivity contribution >= 4 is 16.9 Å². The standard InChI is InChI=1S/C18H22N2O2/c21-18(11-16-15-7-3-4-8-17(15)22-19-16)20-10-9-13-5-1-2-6-14(13)12-20/h3-4,7-8,13-14H,1-2,5-6,9-12H2/t13-,14+/m0/s1. The first kappa shape index (κ1) is 13.8. The largest absolute Gasteiger partial charge is 0.356 e. The first-order valence-corrected chi connectivity index (χ1v) is 8.42. The van der Waals surface area contributed by atoms with E-state index in [1.807, 2.05) is 24.3 Å². The van der Waals surface area contributed by atoms with Gasteiger partial charge in [-0.15, -0.1) is 0 Å². The van der Waals surface area contributed by atoms with Crippen molar-refractivity contribution in [2.45, 2.75) is 38.5 Å². The van der Waals surface area contributed by atoms with E-state index < -0.39 is 0 Å². The molecule has 1 aliphatic carbocycles. The van der Waals surface area contributed by atoms with E-state index in [2.05, 4.69) is 10.1 Å². The molecule has 1 saturated carbocycles. The lowest BCUT2D eigenvalue weighted by atomic mass is 9.75. The van der Waals surface area contributed by atoms with Crippen LogP contribution in [0.15, 0.2) is 28.8 Å². The lowest BCUT2D eigenvalue weighted by Gasteiger charge is -2.41. The quantitative estimate of drug-likeness (QED) is 0.853. The van der Waals surface area contributed by atoms with Gasteiger partial charge < -0.3 is 9.42 Å². The van der Waals surface area contributed by atoms with Gasteiger partial charge in [-0.05, 0) is 36.8 Å². The van der Waals surface area contributed by atoms with Gasteiger partial charge in [0.15, 0.2) is 5.58 Å². The fraction of sp³-hybridized carbons (Fsp3) is 0.556. The van der Waals surface area contributed by atoms with Crippen LogP contribution in [0.25, 0.3) is 11.0 Å². The van der Waals surface area contributed by atoms with Crippen LogP contribution in [-0.2, 0) is 11.2 Å². The third-order valence-electron chi connectivity index (χ3n) is 5.41. The number of nitrogens with zero attached hydrogens (tertiary/aromatic N) is 2. The molecule has 2 aliphatic rings. The molecule has 2 fully saturated rings. The summed E-state index contributed by atoms with van der Waals surface area (Å²) < 4.78 is 5.30. The number of para-hydroxylation sites is 1. The summed E-state index contributed by atoms with van der Waals surface area (Å²) in [6, 6.07) is 7.75. The highest BCUT2D eigenvalue weighted by Gasteiger charge is 2.33. The van der Waals surface area contributed by atoms with Gasteiger partial charge >= 0.3 is 0 Å². The number of hydrogen-bond acceptors (Lipinski definition) is 3. The zero-order valence-electron chi connectivity index (χ0n) is 12.8. The number of piperidine rings is 1. The predicted molar refractivity (Wildman–Crippen MR) is 84.4 cm³/mol. The minimum atomic E-state index is 0.197. The van der Waals surface area contributed by atoms with Gasteiger partial charge in [0.1, 0.15) is 5.69 Å². The lowest BCUT2D eigenvalue weighted by Crippen LogP contribution is -2.45. The van der Waals surface area contributed by atoms with Gasteiger partial charge in [-0.2, -0.15) is 0 Å². The second-order valence-corrected chi connectivity index (χ2v) is 6.74. The number of benzene rings is 1. The summed E-state index contributed by atoms with van der Waals surface area (Å²) in [7, 11) is 0. The number of amides is 1. The minimum Gasteiger partial charge on any atom is -0.356 e. The highest BCUT2D eigenvalue weighted by molar-refractivity contribution is 5.86. The van der Waals surface area contributed by atoms with Crippen molar-refractivity contribution in [1.29, 1.82) is 0 Å². The van der Waals surface area contributed by atoms with Crippen molar-refractivity contribution in [3.8, 4) is 0 Å². The van der Waals surface area contributed by atoms with Gasteiger partial charge in [0.2, 0.25) is 5.91 Å². The molecular weight excluding hydrogens is 276 g/mol. The maximum absolute atomic E-state index is 12.6. The highest BCUT2D eigenvalue weighted by Crippen LogP contribution is 2.36. The van der Waals surface area contributed by atoms with Crippen LogP contribution in [-0.4, -0.2) is 29.1 Å². The van der Waals surface area contributed by atoms with Crippen molar-refractivity contribution in [3.63, 3.8) is 0 Å². The molecule has 1 amide bonds. The van der Waals surface area contributed by atoms with E-state index in [-0.39, 0.29) is 5.91 Å². The summed E-state index contributed by atoms with van der Waals surface area (Å²) in [5, 5.41) is 5.05. The van der Waals surface area contributed by atoms with Gasteiger partial charge in [0.05, 0.1) is 6.42 Å². The Hall–Kier alpha value is -1.84. The minimum absolute atomic E-state index is 0.197. The molecule has 1 saturated heterocycles. The third-order valence-corrected chi connectivity index (χ3v) is 5.41. The van der Waals surface area contributed by atoms with E-state index in [1.165, 1.54) is 32.1 Å². The van der Waals surface area contributed by atoms with Crippen LogP contribution in [0.5, 0.6) is 0 Å². The Bertz CT molecular complexity index is 679. The molecule has 0 unspecified atom stereocenters. The average molecular weight is 298 g/mol. The molecule has 2 heterocycles. The maximum atomic E-state index is 12.6. The Labute approximate surface area is 130 Å². The van der Waals surface area contributed by atoms with Crippen molar-refractivity contribution in [2.75, 3.05) is 13.1 Å². The lowest BCUT2D eigenvalue weighted by molar-refractivity contribution is -0.133. The third kappa shape index (κ3) is 2.51. The molecule has 116 valence electrons. The van der Waals surface area contributed by atoms with Crippen LogP contribution in [0.3, 0.4) is 0 Å². The van der Waals surface area contributed by atoms with Gasteiger partial charge in [0, 0.05) is 18.5 Å². The number of rotatable bonds is 2. The second-order valence-electron chi connectivity index (χ2n) is 6.74. The summed E-state index contributed by atoms with van der Waals surface area (Å²) in [5.41, 5.74) is 1.53. The maximum Gasteiger partial charge on any atom is 0.228 e. The van der Waals surface area contributed by atoms with Gasteiger partial charge in [0.25, 0.3) is 0 Å². The van der Waals surface area contributed by atoms with E-state index in [0.717, 1.165) is 41.6 Å². The predicted octanol–water partition coefficient (Wildman–Crippen LogP) is 3.41.